The normalized spacial score (nSPS) is 15.7. The summed E-state index contributed by atoms with van der Waals surface area (Å²) in [7, 11) is 9.13. The van der Waals surface area contributed by atoms with Crippen LogP contribution in [0.25, 0.3) is 6.08 Å². The average molecular weight is 365 g/mol. The van der Waals surface area contributed by atoms with Crippen LogP contribution < -0.4 is 19.7 Å². The van der Waals surface area contributed by atoms with Crippen LogP contribution in [0.1, 0.15) is 5.56 Å². The van der Waals surface area contributed by atoms with Crippen molar-refractivity contribution in [3.8, 4) is 11.5 Å². The number of likely N-dealkylation sites (N-methyl/N-ethyl adjacent to an activating group) is 2. The first kappa shape index (κ1) is 19.1. The number of carbonyl (C=O) groups excluding carboxylic acids is 2. The zero-order valence-electron chi connectivity index (χ0n) is 15.1. The fourth-order valence-electron chi connectivity index (χ4n) is 2.36. The number of carbonyl (C=O) groups is 2. The zero-order valence-corrected chi connectivity index (χ0v) is 15.9. The van der Waals surface area contributed by atoms with E-state index in [1.807, 2.05) is 33.3 Å². The minimum absolute atomic E-state index is 0.361. The number of hydrogen-bond acceptors (Lipinski definition) is 7. The molecule has 1 aromatic rings. The lowest BCUT2D eigenvalue weighted by Gasteiger charge is -2.24. The summed E-state index contributed by atoms with van der Waals surface area (Å²) in [6, 6.07) is 3.68. The molecule has 0 atom stereocenters. The summed E-state index contributed by atoms with van der Waals surface area (Å²) in [5, 5.41) is 1.91. The lowest BCUT2D eigenvalue weighted by molar-refractivity contribution is -0.115. The van der Waals surface area contributed by atoms with Crippen LogP contribution in [0.4, 0.5) is 10.5 Å². The van der Waals surface area contributed by atoms with Crippen molar-refractivity contribution in [1.29, 1.82) is 0 Å². The van der Waals surface area contributed by atoms with Crippen LogP contribution in [0.5, 0.6) is 11.5 Å². The lowest BCUT2D eigenvalue weighted by atomic mass is 10.1. The number of methoxy groups -OCH3 is 2. The molecule has 0 bridgehead atoms. The Labute approximate surface area is 151 Å². The predicted molar refractivity (Wildman–Crippen MR) is 100 cm³/mol. The first-order valence-electron chi connectivity index (χ1n) is 7.72. The molecule has 1 saturated heterocycles. The summed E-state index contributed by atoms with van der Waals surface area (Å²) >= 11 is 0.893. The number of thioether (sulfide) groups is 1. The highest BCUT2D eigenvalue weighted by Gasteiger charge is 2.26. The van der Waals surface area contributed by atoms with Gasteiger partial charge >= 0.3 is 0 Å². The number of nitrogens with one attached hydrogen (secondary N) is 1. The van der Waals surface area contributed by atoms with Gasteiger partial charge in [0, 0.05) is 37.5 Å². The van der Waals surface area contributed by atoms with Crippen molar-refractivity contribution in [3.05, 3.63) is 22.6 Å². The van der Waals surface area contributed by atoms with Gasteiger partial charge in [-0.15, -0.1) is 0 Å². The molecule has 0 saturated carbocycles. The first-order valence-corrected chi connectivity index (χ1v) is 8.54. The van der Waals surface area contributed by atoms with Gasteiger partial charge in [-0.2, -0.15) is 0 Å². The largest absolute Gasteiger partial charge is 0.493 e. The van der Waals surface area contributed by atoms with Crippen LogP contribution in [-0.2, 0) is 4.79 Å². The lowest BCUT2D eigenvalue weighted by Crippen LogP contribution is -2.29. The Hall–Kier alpha value is -2.19. The summed E-state index contributed by atoms with van der Waals surface area (Å²) in [5.41, 5.74) is 1.67. The second-order valence-electron chi connectivity index (χ2n) is 5.84. The van der Waals surface area contributed by atoms with Crippen molar-refractivity contribution in [2.75, 3.05) is 53.4 Å². The molecular formula is C17H23N3O4S. The topological polar surface area (TPSA) is 71.1 Å². The molecule has 1 aliphatic rings. The minimum atomic E-state index is -0.383. The van der Waals surface area contributed by atoms with Crippen LogP contribution >= 0.6 is 11.8 Å². The van der Waals surface area contributed by atoms with E-state index in [4.69, 9.17) is 9.47 Å². The fraction of sp³-hybridized carbons (Fsp3) is 0.412. The standard InChI is InChI=1S/C17H23N3O4S/c1-19(2)6-7-20(3)12-10-14(24-5)13(23-4)8-11(12)9-15-16(21)18-17(22)25-15/h8-10H,6-7H2,1-5H3,(H,18,21,22)/b15-9-. The van der Waals surface area contributed by atoms with Gasteiger partial charge in [-0.05, 0) is 38.0 Å². The molecule has 0 aliphatic carbocycles. The van der Waals surface area contributed by atoms with E-state index in [0.717, 1.165) is 36.1 Å². The number of benzene rings is 1. The first-order chi connectivity index (χ1) is 11.8. The zero-order chi connectivity index (χ0) is 18.6. The summed E-state index contributed by atoms with van der Waals surface area (Å²) in [6.07, 6.45) is 1.70. The molecule has 1 aromatic carbocycles. The Morgan fingerprint density at radius 1 is 1.08 bits per heavy atom. The number of ether oxygens (including phenoxy) is 2. The molecule has 2 amide bonds. The van der Waals surface area contributed by atoms with Gasteiger partial charge in [-0.3, -0.25) is 14.9 Å². The predicted octanol–water partition coefficient (Wildman–Crippen LogP) is 2.03. The van der Waals surface area contributed by atoms with E-state index in [1.165, 1.54) is 0 Å². The Bertz CT molecular complexity index is 703. The van der Waals surface area contributed by atoms with Gasteiger partial charge in [0.2, 0.25) is 0 Å². The molecular weight excluding hydrogens is 342 g/mol. The number of anilines is 1. The summed E-state index contributed by atoms with van der Waals surface area (Å²) in [6.45, 7) is 1.66. The van der Waals surface area contributed by atoms with E-state index in [0.29, 0.717) is 16.4 Å². The van der Waals surface area contributed by atoms with Gasteiger partial charge in [-0.1, -0.05) is 0 Å². The van der Waals surface area contributed by atoms with Gasteiger partial charge in [0.25, 0.3) is 11.1 Å². The average Bonchev–Trinajstić information content (AvgIpc) is 2.89. The molecule has 25 heavy (non-hydrogen) atoms. The Balaban J connectivity index is 2.46. The molecule has 0 aromatic heterocycles. The van der Waals surface area contributed by atoms with Gasteiger partial charge in [0.15, 0.2) is 11.5 Å². The number of rotatable bonds is 7. The monoisotopic (exact) mass is 365 g/mol. The third-order valence-electron chi connectivity index (χ3n) is 3.76. The van der Waals surface area contributed by atoms with Crippen molar-refractivity contribution >= 4 is 34.7 Å². The van der Waals surface area contributed by atoms with E-state index >= 15 is 0 Å². The molecule has 0 unspecified atom stereocenters. The van der Waals surface area contributed by atoms with E-state index in [1.54, 1.807) is 20.3 Å². The highest BCUT2D eigenvalue weighted by atomic mass is 32.2. The quantitative estimate of drug-likeness (QED) is 0.741. The SMILES string of the molecule is COc1cc(/C=C2\SC(=O)NC2=O)c(N(C)CCN(C)C)cc1OC. The molecule has 7 nitrogen and oxygen atoms in total. The van der Waals surface area contributed by atoms with E-state index < -0.39 is 0 Å². The van der Waals surface area contributed by atoms with Crippen molar-refractivity contribution in [2.45, 2.75) is 0 Å². The maximum Gasteiger partial charge on any atom is 0.290 e. The van der Waals surface area contributed by atoms with E-state index in [-0.39, 0.29) is 11.1 Å². The van der Waals surface area contributed by atoms with Gasteiger partial charge in [0.05, 0.1) is 19.1 Å². The Morgan fingerprint density at radius 3 is 2.24 bits per heavy atom. The van der Waals surface area contributed by atoms with Crippen molar-refractivity contribution in [3.63, 3.8) is 0 Å². The molecule has 2 rings (SSSR count). The molecule has 0 radical (unpaired) electrons. The fourth-order valence-corrected chi connectivity index (χ4v) is 3.04. The van der Waals surface area contributed by atoms with Crippen LogP contribution in [0.15, 0.2) is 17.0 Å². The molecule has 8 heteroatoms. The van der Waals surface area contributed by atoms with Crippen LogP contribution in [0.3, 0.4) is 0 Å². The summed E-state index contributed by atoms with van der Waals surface area (Å²) < 4.78 is 10.8. The highest BCUT2D eigenvalue weighted by molar-refractivity contribution is 8.18. The number of imide groups is 1. The second kappa shape index (κ2) is 8.26. The maximum atomic E-state index is 11.9. The van der Waals surface area contributed by atoms with Crippen molar-refractivity contribution < 1.29 is 19.1 Å². The van der Waals surface area contributed by atoms with Crippen LogP contribution in [0.2, 0.25) is 0 Å². The Kier molecular flexibility index (Phi) is 6.33. The van der Waals surface area contributed by atoms with Gasteiger partial charge in [0.1, 0.15) is 0 Å². The van der Waals surface area contributed by atoms with Crippen molar-refractivity contribution in [2.24, 2.45) is 0 Å². The van der Waals surface area contributed by atoms with E-state index in [2.05, 4.69) is 15.1 Å². The summed E-state index contributed by atoms with van der Waals surface area (Å²) in [5.74, 6) is 0.788. The van der Waals surface area contributed by atoms with Crippen LogP contribution in [-0.4, -0.2) is 64.5 Å². The molecule has 0 spiro atoms. The third-order valence-corrected chi connectivity index (χ3v) is 4.57. The summed E-state index contributed by atoms with van der Waals surface area (Å²) in [4.78, 5) is 27.8. The van der Waals surface area contributed by atoms with Gasteiger partial charge < -0.3 is 19.3 Å². The second-order valence-corrected chi connectivity index (χ2v) is 6.86. The number of nitrogens with zero attached hydrogens (tertiary/aromatic N) is 2. The van der Waals surface area contributed by atoms with Gasteiger partial charge in [-0.25, -0.2) is 0 Å². The minimum Gasteiger partial charge on any atom is -0.493 e. The molecule has 1 aliphatic heterocycles. The highest BCUT2D eigenvalue weighted by Crippen LogP contribution is 2.37. The smallest absolute Gasteiger partial charge is 0.290 e. The number of hydrogen-bond donors (Lipinski definition) is 1. The third kappa shape index (κ3) is 4.67. The molecule has 1 N–H and O–H groups in total. The maximum absolute atomic E-state index is 11.9. The van der Waals surface area contributed by atoms with E-state index in [9.17, 15) is 9.59 Å². The number of amides is 2. The Morgan fingerprint density at radius 2 is 1.72 bits per heavy atom. The molecule has 1 heterocycles. The molecule has 136 valence electrons. The van der Waals surface area contributed by atoms with Crippen LogP contribution in [0, 0.1) is 0 Å². The van der Waals surface area contributed by atoms with Crippen molar-refractivity contribution in [1.82, 2.24) is 10.2 Å². The molecule has 1 fully saturated rings.